The van der Waals surface area contributed by atoms with Crippen LogP contribution in [0, 0.1) is 5.92 Å². The molecule has 2 rings (SSSR count). The molecular formula is C12H18Cl2N4O2. The van der Waals surface area contributed by atoms with Crippen LogP contribution in [-0.2, 0) is 9.59 Å². The van der Waals surface area contributed by atoms with Crippen molar-refractivity contribution in [3.63, 3.8) is 0 Å². The van der Waals surface area contributed by atoms with Crippen LogP contribution in [0.15, 0.2) is 18.3 Å². The number of nitrogens with zero attached hydrogens (tertiary/aromatic N) is 1. The molecule has 4 N–H and O–H groups in total. The fraction of sp³-hybridized carbons (Fsp3) is 0.417. The molecule has 1 heterocycles. The van der Waals surface area contributed by atoms with Crippen molar-refractivity contribution in [1.29, 1.82) is 0 Å². The Morgan fingerprint density at radius 3 is 2.40 bits per heavy atom. The maximum Gasteiger partial charge on any atom is 0.241 e. The number of anilines is 2. The van der Waals surface area contributed by atoms with E-state index in [0.717, 1.165) is 12.8 Å². The van der Waals surface area contributed by atoms with Gasteiger partial charge in [0, 0.05) is 5.92 Å². The van der Waals surface area contributed by atoms with Crippen molar-refractivity contribution in [2.45, 2.75) is 25.8 Å². The van der Waals surface area contributed by atoms with Gasteiger partial charge in [0.2, 0.25) is 11.8 Å². The Morgan fingerprint density at radius 2 is 1.95 bits per heavy atom. The third kappa shape index (κ3) is 5.32. The Kier molecular flexibility index (Phi) is 7.49. The van der Waals surface area contributed by atoms with Gasteiger partial charge in [0.05, 0.1) is 17.9 Å². The zero-order valence-corrected chi connectivity index (χ0v) is 12.6. The number of aromatic nitrogens is 1. The molecule has 1 unspecified atom stereocenters. The maximum absolute atomic E-state index is 11.5. The number of rotatable bonds is 4. The topological polar surface area (TPSA) is 97.1 Å². The first-order valence-corrected chi connectivity index (χ1v) is 5.89. The van der Waals surface area contributed by atoms with Gasteiger partial charge in [-0.3, -0.25) is 9.59 Å². The summed E-state index contributed by atoms with van der Waals surface area (Å²) in [5, 5.41) is 5.34. The molecule has 8 heteroatoms. The minimum Gasteiger partial charge on any atom is -0.323 e. The summed E-state index contributed by atoms with van der Waals surface area (Å²) < 4.78 is 0. The van der Waals surface area contributed by atoms with Crippen LogP contribution < -0.4 is 16.4 Å². The molecule has 1 aliphatic carbocycles. The molecule has 1 fully saturated rings. The van der Waals surface area contributed by atoms with Crippen molar-refractivity contribution >= 4 is 48.1 Å². The Labute approximate surface area is 129 Å². The van der Waals surface area contributed by atoms with E-state index in [9.17, 15) is 9.59 Å². The molecule has 6 nitrogen and oxygen atoms in total. The van der Waals surface area contributed by atoms with Crippen molar-refractivity contribution < 1.29 is 9.59 Å². The van der Waals surface area contributed by atoms with Gasteiger partial charge in [-0.15, -0.1) is 24.8 Å². The predicted octanol–water partition coefficient (Wildman–Crippen LogP) is 1.56. The maximum atomic E-state index is 11.5. The number of hydrogen-bond acceptors (Lipinski definition) is 4. The van der Waals surface area contributed by atoms with E-state index in [2.05, 4.69) is 15.6 Å². The monoisotopic (exact) mass is 320 g/mol. The molecule has 0 aliphatic heterocycles. The second-order valence-electron chi connectivity index (χ2n) is 4.47. The predicted molar refractivity (Wildman–Crippen MR) is 82.4 cm³/mol. The lowest BCUT2D eigenvalue weighted by atomic mass is 10.3. The Hall–Kier alpha value is -1.37. The van der Waals surface area contributed by atoms with E-state index in [1.54, 1.807) is 19.1 Å². The summed E-state index contributed by atoms with van der Waals surface area (Å²) in [6.45, 7) is 1.60. The second-order valence-corrected chi connectivity index (χ2v) is 4.47. The molecule has 0 bridgehead atoms. The second kappa shape index (κ2) is 8.04. The first kappa shape index (κ1) is 18.6. The van der Waals surface area contributed by atoms with Gasteiger partial charge in [0.1, 0.15) is 5.82 Å². The fourth-order valence-electron chi connectivity index (χ4n) is 1.37. The van der Waals surface area contributed by atoms with Gasteiger partial charge >= 0.3 is 0 Å². The summed E-state index contributed by atoms with van der Waals surface area (Å²) in [5.41, 5.74) is 5.99. The van der Waals surface area contributed by atoms with Gasteiger partial charge < -0.3 is 16.4 Å². The SMILES string of the molecule is CC(N)C(=O)Nc1ccc(NC(=O)C2CC2)nc1.Cl.Cl. The van der Waals surface area contributed by atoms with Crippen LogP contribution in [0.2, 0.25) is 0 Å². The minimum absolute atomic E-state index is 0. The van der Waals surface area contributed by atoms with Crippen molar-refractivity contribution in [1.82, 2.24) is 4.98 Å². The smallest absolute Gasteiger partial charge is 0.241 e. The number of nitrogens with one attached hydrogen (secondary N) is 2. The van der Waals surface area contributed by atoms with E-state index in [-0.39, 0.29) is 42.5 Å². The molecule has 2 amide bonds. The number of halogens is 2. The average molecular weight is 321 g/mol. The van der Waals surface area contributed by atoms with E-state index in [1.165, 1.54) is 6.20 Å². The van der Waals surface area contributed by atoms with Gasteiger partial charge in [0.25, 0.3) is 0 Å². The molecule has 0 aromatic carbocycles. The molecule has 0 saturated heterocycles. The fourth-order valence-corrected chi connectivity index (χ4v) is 1.37. The third-order valence-electron chi connectivity index (χ3n) is 2.64. The van der Waals surface area contributed by atoms with Crippen LogP contribution >= 0.6 is 24.8 Å². The first-order chi connectivity index (χ1) is 8.56. The van der Waals surface area contributed by atoms with E-state index < -0.39 is 6.04 Å². The highest BCUT2D eigenvalue weighted by molar-refractivity contribution is 5.95. The standard InChI is InChI=1S/C12H16N4O2.2ClH/c1-7(13)11(17)15-9-4-5-10(14-6-9)16-12(18)8-2-3-8;;/h4-8H,2-3,13H2,1H3,(H,15,17)(H,14,16,18);2*1H. The average Bonchev–Trinajstić information content (AvgIpc) is 3.15. The van der Waals surface area contributed by atoms with Gasteiger partial charge in [-0.2, -0.15) is 0 Å². The molecule has 112 valence electrons. The van der Waals surface area contributed by atoms with Crippen molar-refractivity contribution in [2.24, 2.45) is 11.7 Å². The van der Waals surface area contributed by atoms with Crippen LogP contribution in [0.5, 0.6) is 0 Å². The van der Waals surface area contributed by atoms with Crippen LogP contribution in [0.3, 0.4) is 0 Å². The summed E-state index contributed by atoms with van der Waals surface area (Å²) in [4.78, 5) is 26.9. The molecule has 20 heavy (non-hydrogen) atoms. The van der Waals surface area contributed by atoms with Crippen molar-refractivity contribution in [3.8, 4) is 0 Å². The van der Waals surface area contributed by atoms with E-state index in [1.807, 2.05) is 0 Å². The lowest BCUT2D eigenvalue weighted by Gasteiger charge is -2.08. The molecule has 1 saturated carbocycles. The number of pyridine rings is 1. The molecule has 1 aromatic rings. The van der Waals surface area contributed by atoms with Crippen LogP contribution in [0.4, 0.5) is 11.5 Å². The number of nitrogens with two attached hydrogens (primary N) is 1. The molecule has 0 radical (unpaired) electrons. The number of hydrogen-bond donors (Lipinski definition) is 3. The highest BCUT2D eigenvalue weighted by atomic mass is 35.5. The summed E-state index contributed by atoms with van der Waals surface area (Å²) in [5.74, 6) is 0.372. The van der Waals surface area contributed by atoms with Crippen molar-refractivity contribution in [3.05, 3.63) is 18.3 Å². The zero-order chi connectivity index (χ0) is 13.1. The number of carbonyl (C=O) groups is 2. The third-order valence-corrected chi connectivity index (χ3v) is 2.64. The lowest BCUT2D eigenvalue weighted by molar-refractivity contribution is -0.118. The molecule has 1 atom stereocenters. The Morgan fingerprint density at radius 1 is 1.30 bits per heavy atom. The van der Waals surface area contributed by atoms with Gasteiger partial charge in [-0.25, -0.2) is 4.98 Å². The van der Waals surface area contributed by atoms with Crippen LogP contribution in [0.25, 0.3) is 0 Å². The highest BCUT2D eigenvalue weighted by Gasteiger charge is 2.29. The first-order valence-electron chi connectivity index (χ1n) is 5.89. The summed E-state index contributed by atoms with van der Waals surface area (Å²) in [6, 6.07) is 2.76. The van der Waals surface area contributed by atoms with Gasteiger partial charge in [-0.05, 0) is 31.9 Å². The number of carbonyl (C=O) groups excluding carboxylic acids is 2. The Balaban J connectivity index is 0.00000180. The molecule has 1 aromatic heterocycles. The summed E-state index contributed by atoms with van der Waals surface area (Å²) in [7, 11) is 0. The van der Waals surface area contributed by atoms with E-state index in [4.69, 9.17) is 5.73 Å². The largest absolute Gasteiger partial charge is 0.323 e. The normalized spacial score (nSPS) is 14.3. The zero-order valence-electron chi connectivity index (χ0n) is 11.0. The highest BCUT2D eigenvalue weighted by Crippen LogP contribution is 2.29. The van der Waals surface area contributed by atoms with Gasteiger partial charge in [0.15, 0.2) is 0 Å². The summed E-state index contributed by atoms with van der Waals surface area (Å²) in [6.07, 6.45) is 3.39. The van der Waals surface area contributed by atoms with Gasteiger partial charge in [-0.1, -0.05) is 0 Å². The van der Waals surface area contributed by atoms with E-state index in [0.29, 0.717) is 11.5 Å². The van der Waals surface area contributed by atoms with E-state index >= 15 is 0 Å². The molecular weight excluding hydrogens is 303 g/mol. The Bertz CT molecular complexity index is 426. The molecule has 0 spiro atoms. The molecule has 1 aliphatic rings. The lowest BCUT2D eigenvalue weighted by Crippen LogP contribution is -2.32. The van der Waals surface area contributed by atoms with Crippen LogP contribution in [-0.4, -0.2) is 22.8 Å². The summed E-state index contributed by atoms with van der Waals surface area (Å²) >= 11 is 0. The number of amides is 2. The van der Waals surface area contributed by atoms with Crippen molar-refractivity contribution in [2.75, 3.05) is 10.6 Å². The van der Waals surface area contributed by atoms with Crippen LogP contribution in [0.1, 0.15) is 19.8 Å². The quantitative estimate of drug-likeness (QED) is 0.784. The minimum atomic E-state index is -0.570.